The molecule has 3 nitrogen and oxygen atoms in total. The number of hydrogen-bond donors (Lipinski definition) is 0. The molecule has 0 saturated heterocycles. The number of carbonyl (C=O) groups is 1. The van der Waals surface area contributed by atoms with Gasteiger partial charge in [0.25, 0.3) is 0 Å². The summed E-state index contributed by atoms with van der Waals surface area (Å²) in [5.74, 6) is 1.25. The molecule has 0 radical (unpaired) electrons. The van der Waals surface area contributed by atoms with Gasteiger partial charge in [-0.05, 0) is 48.1 Å². The van der Waals surface area contributed by atoms with Crippen LogP contribution in [0.4, 0.5) is 0 Å². The molecule has 0 amide bonds. The highest BCUT2D eigenvalue weighted by atomic mass is 16.5. The van der Waals surface area contributed by atoms with Gasteiger partial charge in [-0.15, -0.1) is 0 Å². The summed E-state index contributed by atoms with van der Waals surface area (Å²) in [6, 6.07) is 11.7. The van der Waals surface area contributed by atoms with Crippen molar-refractivity contribution in [1.29, 1.82) is 0 Å². The summed E-state index contributed by atoms with van der Waals surface area (Å²) in [7, 11) is 1.58. The zero-order chi connectivity index (χ0) is 19.9. The van der Waals surface area contributed by atoms with Gasteiger partial charge in [0.1, 0.15) is 18.1 Å². The highest BCUT2D eigenvalue weighted by Crippen LogP contribution is 2.27. The monoisotopic (exact) mass is 356 g/mol. The van der Waals surface area contributed by atoms with E-state index in [9.17, 15) is 4.79 Å². The molecule has 26 heavy (non-hydrogen) atoms. The van der Waals surface area contributed by atoms with Gasteiger partial charge in [-0.3, -0.25) is 4.79 Å². The summed E-state index contributed by atoms with van der Waals surface area (Å²) in [4.78, 5) is 11.6. The van der Waals surface area contributed by atoms with Gasteiger partial charge in [-0.1, -0.05) is 52.8 Å². The molecule has 0 bridgehead atoms. The van der Waals surface area contributed by atoms with Crippen molar-refractivity contribution in [3.63, 3.8) is 0 Å². The van der Waals surface area contributed by atoms with Gasteiger partial charge in [-0.25, -0.2) is 0 Å². The van der Waals surface area contributed by atoms with Crippen LogP contribution in [0.15, 0.2) is 36.4 Å². The van der Waals surface area contributed by atoms with Crippen LogP contribution < -0.4 is 9.47 Å². The molecule has 0 fully saturated rings. The first kappa shape index (κ1) is 21.8. The number of benzene rings is 2. The minimum absolute atomic E-state index is 0.00976. The van der Waals surface area contributed by atoms with Crippen LogP contribution in [0.25, 0.3) is 0 Å². The van der Waals surface area contributed by atoms with E-state index >= 15 is 0 Å². The minimum Gasteiger partial charge on any atom is -0.497 e. The Morgan fingerprint density at radius 1 is 1.00 bits per heavy atom. The summed E-state index contributed by atoms with van der Waals surface area (Å²) in [6.45, 7) is 14.7. The van der Waals surface area contributed by atoms with Gasteiger partial charge in [-0.2, -0.15) is 0 Å². The molecule has 2 aromatic rings. The molecule has 2 aromatic carbocycles. The van der Waals surface area contributed by atoms with Gasteiger partial charge >= 0.3 is 0 Å². The molecule has 0 spiro atoms. The van der Waals surface area contributed by atoms with E-state index in [0.29, 0.717) is 23.7 Å². The lowest BCUT2D eigenvalue weighted by Gasteiger charge is -2.20. The van der Waals surface area contributed by atoms with Gasteiger partial charge < -0.3 is 9.47 Å². The van der Waals surface area contributed by atoms with E-state index in [1.807, 2.05) is 13.8 Å². The third-order valence-electron chi connectivity index (χ3n) is 4.13. The SMILES string of the molecule is CC.COc1cc(OCc2ccc(C(C)(C)C)cc2C)cc(C(C)=O)c1. The lowest BCUT2D eigenvalue weighted by atomic mass is 9.85. The molecule has 0 N–H and O–H groups in total. The van der Waals surface area contributed by atoms with Crippen molar-refractivity contribution in [1.82, 2.24) is 0 Å². The zero-order valence-electron chi connectivity index (χ0n) is 17.4. The van der Waals surface area contributed by atoms with E-state index in [2.05, 4.69) is 45.9 Å². The van der Waals surface area contributed by atoms with Crippen LogP contribution >= 0.6 is 0 Å². The zero-order valence-corrected chi connectivity index (χ0v) is 17.4. The first-order chi connectivity index (χ1) is 12.2. The molecule has 0 aromatic heterocycles. The molecular weight excluding hydrogens is 324 g/mol. The number of carbonyl (C=O) groups excluding carboxylic acids is 1. The Hall–Kier alpha value is -2.29. The number of Topliss-reactive ketones (excluding diaryl/α,β-unsaturated/α-hetero) is 1. The number of ether oxygens (including phenoxy) is 2. The van der Waals surface area contributed by atoms with E-state index in [0.717, 1.165) is 5.56 Å². The van der Waals surface area contributed by atoms with Crippen LogP contribution in [-0.4, -0.2) is 12.9 Å². The van der Waals surface area contributed by atoms with Crippen LogP contribution in [0.3, 0.4) is 0 Å². The summed E-state index contributed by atoms with van der Waals surface area (Å²) < 4.78 is 11.1. The Balaban J connectivity index is 0.00000163. The average molecular weight is 357 g/mol. The second kappa shape index (κ2) is 9.42. The summed E-state index contributed by atoms with van der Waals surface area (Å²) in [5, 5.41) is 0. The second-order valence-electron chi connectivity index (χ2n) is 7.13. The largest absolute Gasteiger partial charge is 0.497 e. The van der Waals surface area contributed by atoms with Crippen molar-refractivity contribution in [2.75, 3.05) is 7.11 Å². The molecule has 0 aliphatic carbocycles. The highest BCUT2D eigenvalue weighted by Gasteiger charge is 2.14. The standard InChI is InChI=1S/C21H26O3.C2H6/c1-14-9-18(21(3,4)5)8-7-16(14)13-24-20-11-17(15(2)22)10-19(12-20)23-6;1-2/h7-12H,13H2,1-6H3;1-2H3. The van der Waals surface area contributed by atoms with Crippen molar-refractivity contribution in [3.8, 4) is 11.5 Å². The summed E-state index contributed by atoms with van der Waals surface area (Å²) in [6.07, 6.45) is 0. The predicted molar refractivity (Wildman–Crippen MR) is 109 cm³/mol. The third-order valence-corrected chi connectivity index (χ3v) is 4.13. The fourth-order valence-electron chi connectivity index (χ4n) is 2.46. The van der Waals surface area contributed by atoms with E-state index in [1.165, 1.54) is 18.1 Å². The number of ketones is 1. The maximum atomic E-state index is 11.6. The van der Waals surface area contributed by atoms with Crippen LogP contribution in [-0.2, 0) is 12.0 Å². The molecule has 0 atom stereocenters. The van der Waals surface area contributed by atoms with Crippen molar-refractivity contribution in [2.45, 2.75) is 60.5 Å². The fraction of sp³-hybridized carbons (Fsp3) is 0.435. The van der Waals surface area contributed by atoms with Crippen molar-refractivity contribution >= 4 is 5.78 Å². The van der Waals surface area contributed by atoms with Crippen LogP contribution in [0.5, 0.6) is 11.5 Å². The predicted octanol–water partition coefficient (Wildman–Crippen LogP) is 6.11. The Morgan fingerprint density at radius 3 is 2.12 bits per heavy atom. The molecule has 0 unspecified atom stereocenters. The number of methoxy groups -OCH3 is 1. The van der Waals surface area contributed by atoms with Crippen LogP contribution in [0.2, 0.25) is 0 Å². The number of hydrogen-bond acceptors (Lipinski definition) is 3. The topological polar surface area (TPSA) is 35.5 Å². The molecule has 142 valence electrons. The maximum absolute atomic E-state index is 11.6. The Labute approximate surface area is 158 Å². The summed E-state index contributed by atoms with van der Waals surface area (Å²) in [5.41, 5.74) is 4.37. The average Bonchev–Trinajstić information content (AvgIpc) is 2.61. The van der Waals surface area contributed by atoms with Gasteiger partial charge in [0.05, 0.1) is 7.11 Å². The molecule has 0 heterocycles. The molecule has 2 rings (SSSR count). The normalized spacial score (nSPS) is 10.6. The molecule has 0 saturated carbocycles. The lowest BCUT2D eigenvalue weighted by Crippen LogP contribution is -2.12. The van der Waals surface area contributed by atoms with Gasteiger partial charge in [0, 0.05) is 11.6 Å². The smallest absolute Gasteiger partial charge is 0.160 e. The third kappa shape index (κ3) is 5.91. The van der Waals surface area contributed by atoms with Crippen molar-refractivity contribution < 1.29 is 14.3 Å². The van der Waals surface area contributed by atoms with Crippen molar-refractivity contribution in [2.24, 2.45) is 0 Å². The molecule has 0 aliphatic rings. The molecular formula is C23H32O3. The fourth-order valence-corrected chi connectivity index (χ4v) is 2.46. The van der Waals surface area contributed by atoms with Gasteiger partial charge in [0.2, 0.25) is 0 Å². The maximum Gasteiger partial charge on any atom is 0.160 e. The van der Waals surface area contributed by atoms with Crippen LogP contribution in [0.1, 0.15) is 68.6 Å². The first-order valence-corrected chi connectivity index (χ1v) is 9.13. The van der Waals surface area contributed by atoms with E-state index in [4.69, 9.17) is 9.47 Å². The van der Waals surface area contributed by atoms with Crippen LogP contribution in [0, 0.1) is 6.92 Å². The Kier molecular flexibility index (Phi) is 7.88. The van der Waals surface area contributed by atoms with E-state index in [-0.39, 0.29) is 11.2 Å². The summed E-state index contributed by atoms with van der Waals surface area (Å²) >= 11 is 0. The minimum atomic E-state index is -0.00976. The first-order valence-electron chi connectivity index (χ1n) is 9.13. The number of aryl methyl sites for hydroxylation is 1. The molecule has 0 aliphatic heterocycles. The van der Waals surface area contributed by atoms with E-state index < -0.39 is 0 Å². The molecule has 3 heteroatoms. The Bertz CT molecular complexity index is 740. The van der Waals surface area contributed by atoms with Crippen molar-refractivity contribution in [3.05, 3.63) is 58.7 Å². The quantitative estimate of drug-likeness (QED) is 0.606. The van der Waals surface area contributed by atoms with E-state index in [1.54, 1.807) is 25.3 Å². The lowest BCUT2D eigenvalue weighted by molar-refractivity contribution is 0.101. The Morgan fingerprint density at radius 2 is 1.62 bits per heavy atom. The second-order valence-corrected chi connectivity index (χ2v) is 7.13. The number of rotatable bonds is 5. The van der Waals surface area contributed by atoms with Gasteiger partial charge in [0.15, 0.2) is 5.78 Å². The highest BCUT2D eigenvalue weighted by molar-refractivity contribution is 5.94.